The number of pyridine rings is 1. The lowest BCUT2D eigenvalue weighted by atomic mass is 9.99. The third-order valence-electron chi connectivity index (χ3n) is 4.53. The predicted octanol–water partition coefficient (Wildman–Crippen LogP) is 2.46. The van der Waals surface area contributed by atoms with Crippen molar-refractivity contribution in [2.75, 3.05) is 24.5 Å². The molecule has 1 aromatic carbocycles. The van der Waals surface area contributed by atoms with Crippen molar-refractivity contribution in [2.45, 2.75) is 19.1 Å². The van der Waals surface area contributed by atoms with Crippen LogP contribution in [-0.4, -0.2) is 30.7 Å². The van der Waals surface area contributed by atoms with Gasteiger partial charge in [0.2, 0.25) is 0 Å². The SMILES string of the molecule is c1ccc(OCc2cncc(N3CC4CNC(C4)C3)c2)cc1. The number of piperidine rings is 1. The number of hydrogen-bond acceptors (Lipinski definition) is 4. The zero-order valence-electron chi connectivity index (χ0n) is 12.6. The van der Waals surface area contributed by atoms with Crippen LogP contribution in [0, 0.1) is 5.92 Å². The van der Waals surface area contributed by atoms with Crippen molar-refractivity contribution in [1.29, 1.82) is 0 Å². The Bertz CT molecular complexity index is 619. The molecule has 0 radical (unpaired) electrons. The van der Waals surface area contributed by atoms with Gasteiger partial charge in [0.25, 0.3) is 0 Å². The normalized spacial score (nSPS) is 23.5. The lowest BCUT2D eigenvalue weighted by Crippen LogP contribution is -2.41. The third-order valence-corrected chi connectivity index (χ3v) is 4.53. The van der Waals surface area contributed by atoms with Crippen LogP contribution >= 0.6 is 0 Å². The van der Waals surface area contributed by atoms with Gasteiger partial charge >= 0.3 is 0 Å². The lowest BCUT2D eigenvalue weighted by molar-refractivity contribution is 0.305. The number of aromatic nitrogens is 1. The van der Waals surface area contributed by atoms with Crippen molar-refractivity contribution in [3.05, 3.63) is 54.4 Å². The summed E-state index contributed by atoms with van der Waals surface area (Å²) < 4.78 is 5.82. The summed E-state index contributed by atoms with van der Waals surface area (Å²) in [5.74, 6) is 1.68. The van der Waals surface area contributed by atoms with E-state index in [9.17, 15) is 0 Å². The Morgan fingerprint density at radius 2 is 2.09 bits per heavy atom. The maximum Gasteiger partial charge on any atom is 0.119 e. The van der Waals surface area contributed by atoms with Crippen LogP contribution in [0.15, 0.2) is 48.8 Å². The second kappa shape index (κ2) is 5.97. The van der Waals surface area contributed by atoms with Gasteiger partial charge in [0.05, 0.1) is 11.9 Å². The Kier molecular flexibility index (Phi) is 3.69. The number of nitrogens with one attached hydrogen (secondary N) is 1. The van der Waals surface area contributed by atoms with Gasteiger partial charge in [-0.15, -0.1) is 0 Å². The fourth-order valence-electron chi connectivity index (χ4n) is 3.45. The van der Waals surface area contributed by atoms with Gasteiger partial charge < -0.3 is 15.0 Å². The van der Waals surface area contributed by atoms with Crippen LogP contribution < -0.4 is 15.0 Å². The van der Waals surface area contributed by atoms with Crippen LogP contribution in [-0.2, 0) is 6.61 Å². The first kappa shape index (κ1) is 13.6. The smallest absolute Gasteiger partial charge is 0.119 e. The minimum absolute atomic E-state index is 0.559. The topological polar surface area (TPSA) is 37.4 Å². The largest absolute Gasteiger partial charge is 0.489 e. The van der Waals surface area contributed by atoms with Crippen molar-refractivity contribution in [2.24, 2.45) is 5.92 Å². The number of anilines is 1. The molecule has 4 heteroatoms. The van der Waals surface area contributed by atoms with E-state index in [1.165, 1.54) is 12.1 Å². The van der Waals surface area contributed by atoms with E-state index in [0.29, 0.717) is 12.6 Å². The van der Waals surface area contributed by atoms with E-state index in [4.69, 9.17) is 4.74 Å². The van der Waals surface area contributed by atoms with Crippen LogP contribution in [0.2, 0.25) is 0 Å². The molecule has 2 aliphatic heterocycles. The minimum atomic E-state index is 0.559. The van der Waals surface area contributed by atoms with Gasteiger partial charge in [0.1, 0.15) is 12.4 Å². The molecule has 114 valence electrons. The van der Waals surface area contributed by atoms with E-state index in [0.717, 1.165) is 36.9 Å². The average Bonchev–Trinajstić information content (AvgIpc) is 2.92. The summed E-state index contributed by atoms with van der Waals surface area (Å²) in [6, 6.07) is 12.8. The molecule has 3 heterocycles. The Hall–Kier alpha value is -2.07. The van der Waals surface area contributed by atoms with Crippen LogP contribution in [0.25, 0.3) is 0 Å². The van der Waals surface area contributed by atoms with Gasteiger partial charge in [-0.2, -0.15) is 0 Å². The van der Waals surface area contributed by atoms with Crippen molar-refractivity contribution >= 4 is 5.69 Å². The molecule has 2 aliphatic rings. The first-order chi connectivity index (χ1) is 10.9. The quantitative estimate of drug-likeness (QED) is 0.940. The molecular formula is C18H21N3O. The van der Waals surface area contributed by atoms with E-state index in [2.05, 4.69) is 21.3 Å². The van der Waals surface area contributed by atoms with E-state index in [1.54, 1.807) is 0 Å². The number of benzene rings is 1. The standard InChI is InChI=1S/C18H21N3O/c1-2-4-18(5-3-1)22-13-15-7-17(10-19-8-15)21-11-14-6-16(12-21)20-9-14/h1-5,7-8,10,14,16,20H,6,9,11-13H2. The van der Waals surface area contributed by atoms with Crippen molar-refractivity contribution in [3.63, 3.8) is 0 Å². The van der Waals surface area contributed by atoms with E-state index >= 15 is 0 Å². The van der Waals surface area contributed by atoms with E-state index < -0.39 is 0 Å². The summed E-state index contributed by atoms with van der Waals surface area (Å²) in [4.78, 5) is 6.86. The molecule has 0 aliphatic carbocycles. The fourth-order valence-corrected chi connectivity index (χ4v) is 3.45. The molecule has 2 aromatic rings. The first-order valence-corrected chi connectivity index (χ1v) is 7.97. The van der Waals surface area contributed by atoms with Crippen molar-refractivity contribution < 1.29 is 4.74 Å². The van der Waals surface area contributed by atoms with Gasteiger partial charge in [-0.05, 0) is 30.5 Å². The Morgan fingerprint density at radius 3 is 2.95 bits per heavy atom. The molecule has 2 saturated heterocycles. The number of nitrogens with zero attached hydrogens (tertiary/aromatic N) is 2. The second-order valence-corrected chi connectivity index (χ2v) is 6.26. The highest BCUT2D eigenvalue weighted by Crippen LogP contribution is 2.27. The van der Waals surface area contributed by atoms with Gasteiger partial charge in [0.15, 0.2) is 0 Å². The number of hydrogen-bond donors (Lipinski definition) is 1. The zero-order chi connectivity index (χ0) is 14.8. The van der Waals surface area contributed by atoms with Gasteiger partial charge in [-0.3, -0.25) is 4.98 Å². The summed E-state index contributed by atoms with van der Waals surface area (Å²) in [6.45, 7) is 3.94. The number of rotatable bonds is 4. The molecule has 4 rings (SSSR count). The highest BCUT2D eigenvalue weighted by Gasteiger charge is 2.32. The summed E-state index contributed by atoms with van der Waals surface area (Å²) in [7, 11) is 0. The maximum absolute atomic E-state index is 5.82. The van der Waals surface area contributed by atoms with Gasteiger partial charge in [-0.1, -0.05) is 18.2 Å². The molecule has 2 atom stereocenters. The summed E-state index contributed by atoms with van der Waals surface area (Å²) in [6.07, 6.45) is 5.18. The molecule has 0 spiro atoms. The molecule has 2 fully saturated rings. The van der Waals surface area contributed by atoms with Gasteiger partial charge in [-0.25, -0.2) is 0 Å². The highest BCUT2D eigenvalue weighted by atomic mass is 16.5. The molecule has 4 nitrogen and oxygen atoms in total. The fraction of sp³-hybridized carbons (Fsp3) is 0.389. The van der Waals surface area contributed by atoms with Crippen LogP contribution in [0.4, 0.5) is 5.69 Å². The van der Waals surface area contributed by atoms with Crippen molar-refractivity contribution in [1.82, 2.24) is 10.3 Å². The molecule has 2 bridgehead atoms. The molecule has 0 saturated carbocycles. The molecule has 0 amide bonds. The summed E-state index contributed by atoms with van der Waals surface area (Å²) in [5, 5.41) is 3.59. The minimum Gasteiger partial charge on any atom is -0.489 e. The molecule has 22 heavy (non-hydrogen) atoms. The van der Waals surface area contributed by atoms with Crippen molar-refractivity contribution in [3.8, 4) is 5.75 Å². The summed E-state index contributed by atoms with van der Waals surface area (Å²) >= 11 is 0. The number of fused-ring (bicyclic) bond motifs is 2. The van der Waals surface area contributed by atoms with E-state index in [1.807, 2.05) is 42.7 Å². The summed E-state index contributed by atoms with van der Waals surface area (Å²) in [5.41, 5.74) is 2.33. The van der Waals surface area contributed by atoms with E-state index in [-0.39, 0.29) is 0 Å². The second-order valence-electron chi connectivity index (χ2n) is 6.26. The molecule has 1 aromatic heterocycles. The highest BCUT2D eigenvalue weighted by molar-refractivity contribution is 5.47. The lowest BCUT2D eigenvalue weighted by Gasteiger charge is -2.32. The Labute approximate surface area is 131 Å². The number of para-hydroxylation sites is 1. The Balaban J connectivity index is 1.44. The molecular weight excluding hydrogens is 274 g/mol. The first-order valence-electron chi connectivity index (χ1n) is 7.97. The molecule has 2 unspecified atom stereocenters. The number of ether oxygens (including phenoxy) is 1. The van der Waals surface area contributed by atoms with Crippen LogP contribution in [0.1, 0.15) is 12.0 Å². The van der Waals surface area contributed by atoms with Crippen LogP contribution in [0.5, 0.6) is 5.75 Å². The predicted molar refractivity (Wildman–Crippen MR) is 87.1 cm³/mol. The van der Waals surface area contributed by atoms with Crippen LogP contribution in [0.3, 0.4) is 0 Å². The zero-order valence-corrected chi connectivity index (χ0v) is 12.6. The molecule has 1 N–H and O–H groups in total. The average molecular weight is 295 g/mol. The van der Waals surface area contributed by atoms with Gasteiger partial charge in [0, 0.05) is 37.4 Å². The third kappa shape index (κ3) is 2.92. The maximum atomic E-state index is 5.82. The monoisotopic (exact) mass is 295 g/mol. The Morgan fingerprint density at radius 1 is 1.18 bits per heavy atom.